The van der Waals surface area contributed by atoms with Crippen molar-refractivity contribution in [1.82, 2.24) is 0 Å². The van der Waals surface area contributed by atoms with E-state index >= 15 is 0 Å². The van der Waals surface area contributed by atoms with Crippen LogP contribution in [0.5, 0.6) is 11.5 Å². The summed E-state index contributed by atoms with van der Waals surface area (Å²) in [6, 6.07) is 5.67. The molecule has 1 aromatic carbocycles. The van der Waals surface area contributed by atoms with E-state index < -0.39 is 26.3 Å². The lowest BCUT2D eigenvalue weighted by Gasteiger charge is -2.38. The second-order valence-electron chi connectivity index (χ2n) is 10.9. The van der Waals surface area contributed by atoms with Crippen molar-refractivity contribution in [3.8, 4) is 11.5 Å². The second kappa shape index (κ2) is 11.0. The van der Waals surface area contributed by atoms with E-state index in [1.807, 2.05) is 32.0 Å². The molecule has 1 fully saturated rings. The molecule has 2 aliphatic rings. The molecule has 0 saturated carbocycles. The Kier molecular flexibility index (Phi) is 8.75. The fraction of sp³-hybridized carbons (Fsp3) is 0.750. The fourth-order valence-corrected chi connectivity index (χ4v) is 5.05. The summed E-state index contributed by atoms with van der Waals surface area (Å²) in [6.07, 6.45) is -1.42. The molecule has 0 N–H and O–H groups in total. The van der Waals surface area contributed by atoms with Gasteiger partial charge in [0.25, 0.3) is 0 Å². The molecule has 11 heteroatoms. The number of nitrogens with zero attached hydrogens (tertiary/aromatic N) is 3. The molecule has 1 saturated heterocycles. The quantitative estimate of drug-likeness (QED) is 0.130. The van der Waals surface area contributed by atoms with Crippen LogP contribution >= 0.6 is 0 Å². The molecule has 0 bridgehead atoms. The Morgan fingerprint density at radius 3 is 2.57 bits per heavy atom. The molecule has 10 nitrogen and oxygen atoms in total. The van der Waals surface area contributed by atoms with E-state index in [9.17, 15) is 0 Å². The summed E-state index contributed by atoms with van der Waals surface area (Å²) >= 11 is 0. The molecule has 0 aliphatic carbocycles. The molecule has 2 aliphatic heterocycles. The predicted molar refractivity (Wildman–Crippen MR) is 133 cm³/mol. The Labute approximate surface area is 208 Å². The number of fused-ring (bicyclic) bond motifs is 1. The largest absolute Gasteiger partial charge is 0.454 e. The first kappa shape index (κ1) is 27.7. The Morgan fingerprint density at radius 2 is 1.91 bits per heavy atom. The van der Waals surface area contributed by atoms with Crippen molar-refractivity contribution in [2.45, 2.75) is 82.8 Å². The van der Waals surface area contributed by atoms with Gasteiger partial charge in [-0.2, -0.15) is 0 Å². The maximum Gasteiger partial charge on any atom is 0.231 e. The number of azide groups is 1. The van der Waals surface area contributed by atoms with Crippen LogP contribution in [-0.4, -0.2) is 66.3 Å². The minimum absolute atomic E-state index is 0.0398. The first-order valence-corrected chi connectivity index (χ1v) is 14.8. The molecule has 0 unspecified atom stereocenters. The normalized spacial score (nSPS) is 23.1. The average molecular weight is 510 g/mol. The summed E-state index contributed by atoms with van der Waals surface area (Å²) in [5, 5.41) is 3.94. The van der Waals surface area contributed by atoms with Crippen molar-refractivity contribution < 1.29 is 32.8 Å². The third-order valence-corrected chi connectivity index (χ3v) is 11.4. The van der Waals surface area contributed by atoms with Gasteiger partial charge in [0.2, 0.25) is 6.79 Å². The van der Waals surface area contributed by atoms with Gasteiger partial charge in [0.05, 0.1) is 12.7 Å². The highest BCUT2D eigenvalue weighted by Crippen LogP contribution is 2.41. The molecule has 35 heavy (non-hydrogen) atoms. The van der Waals surface area contributed by atoms with Crippen molar-refractivity contribution in [2.75, 3.05) is 33.8 Å². The lowest BCUT2D eigenvalue weighted by Crippen LogP contribution is -2.48. The minimum Gasteiger partial charge on any atom is -0.454 e. The summed E-state index contributed by atoms with van der Waals surface area (Å²) in [7, 11) is -0.467. The second-order valence-corrected chi connectivity index (χ2v) is 15.7. The van der Waals surface area contributed by atoms with E-state index in [0.717, 1.165) is 5.56 Å². The maximum atomic E-state index is 9.10. The van der Waals surface area contributed by atoms with Gasteiger partial charge in [-0.3, -0.25) is 0 Å². The smallest absolute Gasteiger partial charge is 0.231 e. The molecular weight excluding hydrogens is 470 g/mol. The summed E-state index contributed by atoms with van der Waals surface area (Å²) in [5.41, 5.74) is 9.98. The van der Waals surface area contributed by atoms with Gasteiger partial charge in [-0.15, -0.1) is 0 Å². The summed E-state index contributed by atoms with van der Waals surface area (Å²) < 4.78 is 41.7. The molecule has 4 atom stereocenters. The predicted octanol–water partition coefficient (Wildman–Crippen LogP) is 5.34. The third kappa shape index (κ3) is 6.68. The summed E-state index contributed by atoms with van der Waals surface area (Å²) in [4.78, 5) is 3.00. The van der Waals surface area contributed by atoms with Crippen LogP contribution in [0.1, 0.15) is 46.1 Å². The lowest BCUT2D eigenvalue weighted by molar-refractivity contribution is -0.173. The zero-order valence-corrected chi connectivity index (χ0v) is 23.1. The fourth-order valence-electron chi connectivity index (χ4n) is 4.03. The van der Waals surface area contributed by atoms with Crippen molar-refractivity contribution in [3.63, 3.8) is 0 Å². The zero-order valence-electron chi connectivity index (χ0n) is 22.1. The topological polar surface area (TPSA) is 113 Å². The highest BCUT2D eigenvalue weighted by molar-refractivity contribution is 6.74. The monoisotopic (exact) mass is 509 g/mol. The zero-order chi connectivity index (χ0) is 25.9. The van der Waals surface area contributed by atoms with Crippen LogP contribution in [0.3, 0.4) is 0 Å². The van der Waals surface area contributed by atoms with Gasteiger partial charge >= 0.3 is 0 Å². The van der Waals surface area contributed by atoms with Crippen molar-refractivity contribution in [1.29, 1.82) is 0 Å². The molecule has 0 radical (unpaired) electrons. The van der Waals surface area contributed by atoms with Gasteiger partial charge in [0, 0.05) is 24.5 Å². The number of benzene rings is 1. The molecule has 0 spiro atoms. The Hall–Kier alpha value is -1.85. The SMILES string of the molecule is COCO[C@H]([C@@H]1OC(C)(C)O[C@H]1CO[Si](C)(C)C(C)(C)C)[C@H](CN=[N+]=[N-])c1ccc2c(c1)OCO2. The van der Waals surface area contributed by atoms with Gasteiger partial charge in [-0.25, -0.2) is 0 Å². The molecule has 1 aromatic rings. The molecule has 196 valence electrons. The van der Waals surface area contributed by atoms with Crippen LogP contribution in [-0.2, 0) is 23.4 Å². The van der Waals surface area contributed by atoms with E-state index in [-0.39, 0.29) is 37.2 Å². The highest BCUT2D eigenvalue weighted by Gasteiger charge is 2.49. The Bertz CT molecular complexity index is 915. The van der Waals surface area contributed by atoms with E-state index in [1.54, 1.807) is 7.11 Å². The van der Waals surface area contributed by atoms with E-state index in [1.165, 1.54) is 0 Å². The number of hydrogen-bond acceptors (Lipinski definition) is 8. The van der Waals surface area contributed by atoms with E-state index in [0.29, 0.717) is 18.1 Å². The Balaban J connectivity index is 1.94. The molecular formula is C24H39N3O7Si. The number of hydrogen-bond donors (Lipinski definition) is 0. The van der Waals surface area contributed by atoms with Crippen LogP contribution < -0.4 is 9.47 Å². The Morgan fingerprint density at radius 1 is 1.20 bits per heavy atom. The summed E-state index contributed by atoms with van der Waals surface area (Å²) in [6.45, 7) is 15.5. The number of rotatable bonds is 11. The van der Waals surface area contributed by atoms with Gasteiger partial charge in [-0.05, 0) is 55.2 Å². The van der Waals surface area contributed by atoms with Crippen LogP contribution in [0, 0.1) is 0 Å². The van der Waals surface area contributed by atoms with Gasteiger partial charge < -0.3 is 32.8 Å². The van der Waals surface area contributed by atoms with E-state index in [4.69, 9.17) is 38.4 Å². The maximum absolute atomic E-state index is 9.10. The number of ether oxygens (including phenoxy) is 6. The summed E-state index contributed by atoms with van der Waals surface area (Å²) in [5.74, 6) is 0.126. The van der Waals surface area contributed by atoms with E-state index in [2.05, 4.69) is 43.9 Å². The van der Waals surface area contributed by atoms with Crippen LogP contribution in [0.2, 0.25) is 18.1 Å². The molecule has 3 rings (SSSR count). The van der Waals surface area contributed by atoms with Crippen molar-refractivity contribution in [2.24, 2.45) is 5.11 Å². The molecule has 0 aromatic heterocycles. The van der Waals surface area contributed by atoms with Crippen LogP contribution in [0.25, 0.3) is 10.4 Å². The standard InChI is InChI=1S/C24H39N3O7Si/c1-23(2,3)35(7,8)32-13-20-22(34-24(4,5)33-20)21(31-14-28-6)17(12-26-27-25)16-9-10-18-19(11-16)30-15-29-18/h9-11,17,20-22H,12-15H2,1-8H3/t17-,20+,21+,22-/m1/s1. The highest BCUT2D eigenvalue weighted by atomic mass is 28.4. The molecule has 0 amide bonds. The number of methoxy groups -OCH3 is 1. The molecule has 2 heterocycles. The van der Waals surface area contributed by atoms with Gasteiger partial charge in [0.15, 0.2) is 25.6 Å². The first-order valence-electron chi connectivity index (χ1n) is 11.9. The van der Waals surface area contributed by atoms with Gasteiger partial charge in [-0.1, -0.05) is 32.0 Å². The van der Waals surface area contributed by atoms with Crippen LogP contribution in [0.15, 0.2) is 23.3 Å². The lowest BCUT2D eigenvalue weighted by atomic mass is 9.88. The van der Waals surface area contributed by atoms with Crippen molar-refractivity contribution in [3.05, 3.63) is 34.2 Å². The third-order valence-electron chi connectivity index (χ3n) is 6.90. The van der Waals surface area contributed by atoms with Crippen molar-refractivity contribution >= 4 is 8.32 Å². The minimum atomic E-state index is -2.03. The first-order chi connectivity index (χ1) is 16.4. The average Bonchev–Trinajstić information content (AvgIpc) is 3.36. The van der Waals surface area contributed by atoms with Crippen LogP contribution in [0.4, 0.5) is 0 Å². The van der Waals surface area contributed by atoms with Gasteiger partial charge in [0.1, 0.15) is 19.0 Å².